The third-order valence-corrected chi connectivity index (χ3v) is 2.06. The molecule has 1 aromatic rings. The zero-order valence-electron chi connectivity index (χ0n) is 7.53. The van der Waals surface area contributed by atoms with Crippen molar-refractivity contribution in [2.45, 2.75) is 32.4 Å². The summed E-state index contributed by atoms with van der Waals surface area (Å²) < 4.78 is 7.24. The van der Waals surface area contributed by atoms with E-state index in [0.29, 0.717) is 12.0 Å². The van der Waals surface area contributed by atoms with Crippen molar-refractivity contribution in [1.29, 1.82) is 0 Å². The van der Waals surface area contributed by atoms with E-state index in [-0.39, 0.29) is 0 Å². The smallest absolute Gasteiger partial charge is 0.0988 e. The molecule has 0 radical (unpaired) electrons. The summed E-state index contributed by atoms with van der Waals surface area (Å²) in [6.07, 6.45) is 4.43. The van der Waals surface area contributed by atoms with Crippen LogP contribution in [-0.4, -0.2) is 22.3 Å². The van der Waals surface area contributed by atoms with Crippen LogP contribution in [0.5, 0.6) is 0 Å². The van der Waals surface area contributed by atoms with Crippen LogP contribution in [0.15, 0.2) is 12.5 Å². The Morgan fingerprint density at radius 1 is 1.75 bits per heavy atom. The Labute approximate surface area is 72.4 Å². The maximum absolute atomic E-state index is 5.13. The van der Waals surface area contributed by atoms with Gasteiger partial charge in [-0.1, -0.05) is 13.8 Å². The topological polar surface area (TPSA) is 30.4 Å². The standard InChI is InChI=1S/C9H14N2O/c1-7(2)9-4-11(6-10-9)3-8-5-12-8/h4,6-8H,3,5H2,1-2H3/t8-/m1/s1. The van der Waals surface area contributed by atoms with Crippen LogP contribution >= 0.6 is 0 Å². The lowest BCUT2D eigenvalue weighted by atomic mass is 10.2. The van der Waals surface area contributed by atoms with Crippen molar-refractivity contribution in [3.63, 3.8) is 0 Å². The monoisotopic (exact) mass is 166 g/mol. The van der Waals surface area contributed by atoms with Gasteiger partial charge in [-0.25, -0.2) is 4.98 Å². The fraction of sp³-hybridized carbons (Fsp3) is 0.667. The Balaban J connectivity index is 2.02. The number of hydrogen-bond donors (Lipinski definition) is 0. The van der Waals surface area contributed by atoms with E-state index < -0.39 is 0 Å². The van der Waals surface area contributed by atoms with Crippen LogP contribution in [-0.2, 0) is 11.3 Å². The molecule has 3 heteroatoms. The second-order valence-corrected chi connectivity index (χ2v) is 3.61. The second-order valence-electron chi connectivity index (χ2n) is 3.61. The number of ether oxygens (including phenoxy) is 1. The molecule has 12 heavy (non-hydrogen) atoms. The van der Waals surface area contributed by atoms with Crippen molar-refractivity contribution in [2.75, 3.05) is 6.61 Å². The molecule has 1 atom stereocenters. The summed E-state index contributed by atoms with van der Waals surface area (Å²) in [4.78, 5) is 4.30. The molecular weight excluding hydrogens is 152 g/mol. The molecule has 1 aliphatic rings. The van der Waals surface area contributed by atoms with E-state index in [9.17, 15) is 0 Å². The normalized spacial score (nSPS) is 21.8. The van der Waals surface area contributed by atoms with Crippen LogP contribution in [0.4, 0.5) is 0 Å². The Morgan fingerprint density at radius 2 is 2.50 bits per heavy atom. The fourth-order valence-corrected chi connectivity index (χ4v) is 1.18. The molecule has 0 unspecified atom stereocenters. The number of nitrogens with zero attached hydrogens (tertiary/aromatic N) is 2. The van der Waals surface area contributed by atoms with E-state index in [1.807, 2.05) is 6.33 Å². The third-order valence-electron chi connectivity index (χ3n) is 2.06. The molecule has 0 aliphatic carbocycles. The average Bonchev–Trinajstić information content (AvgIpc) is 2.66. The largest absolute Gasteiger partial charge is 0.371 e. The summed E-state index contributed by atoms with van der Waals surface area (Å²) in [7, 11) is 0. The van der Waals surface area contributed by atoms with Gasteiger partial charge in [-0.2, -0.15) is 0 Å². The minimum Gasteiger partial charge on any atom is -0.371 e. The molecule has 0 amide bonds. The molecule has 0 spiro atoms. The molecule has 1 fully saturated rings. The second kappa shape index (κ2) is 2.90. The molecule has 0 saturated carbocycles. The number of aromatic nitrogens is 2. The molecule has 66 valence electrons. The van der Waals surface area contributed by atoms with Gasteiger partial charge >= 0.3 is 0 Å². The average molecular weight is 166 g/mol. The van der Waals surface area contributed by atoms with E-state index in [2.05, 4.69) is 29.6 Å². The highest BCUT2D eigenvalue weighted by atomic mass is 16.6. The molecule has 2 rings (SSSR count). The van der Waals surface area contributed by atoms with Crippen LogP contribution in [0, 0.1) is 0 Å². The summed E-state index contributed by atoms with van der Waals surface area (Å²) >= 11 is 0. The summed E-state index contributed by atoms with van der Waals surface area (Å²) in [5, 5.41) is 0. The molecular formula is C9H14N2O. The molecule has 1 saturated heterocycles. The van der Waals surface area contributed by atoms with E-state index >= 15 is 0 Å². The number of rotatable bonds is 3. The van der Waals surface area contributed by atoms with E-state index in [1.54, 1.807) is 0 Å². The van der Waals surface area contributed by atoms with Gasteiger partial charge in [0, 0.05) is 6.20 Å². The summed E-state index contributed by atoms with van der Waals surface area (Å²) in [5.74, 6) is 0.520. The highest BCUT2D eigenvalue weighted by Gasteiger charge is 2.22. The highest BCUT2D eigenvalue weighted by Crippen LogP contribution is 2.14. The van der Waals surface area contributed by atoms with Crippen molar-refractivity contribution in [3.05, 3.63) is 18.2 Å². The van der Waals surface area contributed by atoms with Crippen molar-refractivity contribution < 1.29 is 4.74 Å². The molecule has 3 nitrogen and oxygen atoms in total. The lowest BCUT2D eigenvalue weighted by Gasteiger charge is -1.97. The zero-order valence-corrected chi connectivity index (χ0v) is 7.53. The van der Waals surface area contributed by atoms with Crippen LogP contribution in [0.1, 0.15) is 25.5 Å². The Kier molecular flexibility index (Phi) is 1.89. The van der Waals surface area contributed by atoms with Gasteiger partial charge < -0.3 is 9.30 Å². The fourth-order valence-electron chi connectivity index (χ4n) is 1.18. The first-order valence-electron chi connectivity index (χ1n) is 4.39. The maximum Gasteiger partial charge on any atom is 0.0988 e. The predicted octanol–water partition coefficient (Wildman–Crippen LogP) is 1.41. The van der Waals surface area contributed by atoms with Crippen LogP contribution in [0.2, 0.25) is 0 Å². The first kappa shape index (κ1) is 7.80. The van der Waals surface area contributed by atoms with Crippen molar-refractivity contribution in [3.8, 4) is 0 Å². The van der Waals surface area contributed by atoms with Gasteiger partial charge in [0.2, 0.25) is 0 Å². The molecule has 1 aromatic heterocycles. The van der Waals surface area contributed by atoms with Crippen LogP contribution in [0.3, 0.4) is 0 Å². The van der Waals surface area contributed by atoms with Crippen molar-refractivity contribution in [2.24, 2.45) is 0 Å². The van der Waals surface area contributed by atoms with E-state index in [0.717, 1.165) is 18.8 Å². The van der Waals surface area contributed by atoms with Gasteiger partial charge in [-0.3, -0.25) is 0 Å². The summed E-state index contributed by atoms with van der Waals surface area (Å²) in [5.41, 5.74) is 1.16. The highest BCUT2D eigenvalue weighted by molar-refractivity contribution is 5.02. The Bertz CT molecular complexity index is 263. The molecule has 0 aromatic carbocycles. The quantitative estimate of drug-likeness (QED) is 0.635. The van der Waals surface area contributed by atoms with Crippen molar-refractivity contribution in [1.82, 2.24) is 9.55 Å². The van der Waals surface area contributed by atoms with Gasteiger partial charge in [0.1, 0.15) is 0 Å². The van der Waals surface area contributed by atoms with E-state index in [4.69, 9.17) is 4.74 Å². The summed E-state index contributed by atoms with van der Waals surface area (Å²) in [6.45, 7) is 6.18. The number of hydrogen-bond acceptors (Lipinski definition) is 2. The van der Waals surface area contributed by atoms with Gasteiger partial charge in [-0.05, 0) is 5.92 Å². The molecule has 2 heterocycles. The maximum atomic E-state index is 5.13. The minimum atomic E-state index is 0.444. The number of epoxide rings is 1. The Hall–Kier alpha value is -0.830. The van der Waals surface area contributed by atoms with Gasteiger partial charge in [-0.15, -0.1) is 0 Å². The molecule has 0 N–H and O–H groups in total. The molecule has 1 aliphatic heterocycles. The van der Waals surface area contributed by atoms with Gasteiger partial charge in [0.15, 0.2) is 0 Å². The molecule has 0 bridgehead atoms. The van der Waals surface area contributed by atoms with Crippen molar-refractivity contribution >= 4 is 0 Å². The summed E-state index contributed by atoms with van der Waals surface area (Å²) in [6, 6.07) is 0. The third kappa shape index (κ3) is 1.67. The van der Waals surface area contributed by atoms with Crippen LogP contribution in [0.25, 0.3) is 0 Å². The zero-order chi connectivity index (χ0) is 8.55. The van der Waals surface area contributed by atoms with Gasteiger partial charge in [0.25, 0.3) is 0 Å². The first-order chi connectivity index (χ1) is 5.75. The SMILES string of the molecule is CC(C)c1cn(C[C@@H]2CO2)cn1. The minimum absolute atomic E-state index is 0.444. The lowest BCUT2D eigenvalue weighted by Crippen LogP contribution is -2.00. The Morgan fingerprint density at radius 3 is 3.00 bits per heavy atom. The van der Waals surface area contributed by atoms with Crippen LogP contribution < -0.4 is 0 Å². The first-order valence-corrected chi connectivity index (χ1v) is 4.39. The number of imidazole rings is 1. The van der Waals surface area contributed by atoms with E-state index in [1.165, 1.54) is 0 Å². The lowest BCUT2D eigenvalue weighted by molar-refractivity contribution is 0.382. The van der Waals surface area contributed by atoms with Gasteiger partial charge in [0.05, 0.1) is 31.3 Å². The predicted molar refractivity (Wildman–Crippen MR) is 46.1 cm³/mol.